The van der Waals surface area contributed by atoms with E-state index in [1.807, 2.05) is 0 Å². The van der Waals surface area contributed by atoms with Gasteiger partial charge in [-0.15, -0.1) is 4.83 Å². The number of sulfonamides is 1. The van der Waals surface area contributed by atoms with E-state index in [9.17, 15) is 39.6 Å². The van der Waals surface area contributed by atoms with Crippen LogP contribution in [0.15, 0.2) is 59.5 Å². The van der Waals surface area contributed by atoms with E-state index in [2.05, 4.69) is 0 Å². The first-order valence-corrected chi connectivity index (χ1v) is 11.6. The minimum atomic E-state index is -5.17. The SMILES string of the molecule is CCC(N(C(=O)NNS(=O)(=O)c1ccc(-c2ccccc2)cc1)C(CC)C(F)(F)F)C(F)(F)F. The van der Waals surface area contributed by atoms with Gasteiger partial charge in [-0.25, -0.2) is 13.2 Å². The number of hydrogen-bond donors (Lipinski definition) is 2. The number of nitrogens with zero attached hydrogens (tertiary/aromatic N) is 1. The topological polar surface area (TPSA) is 78.5 Å². The number of hydrazine groups is 1. The number of halogens is 6. The highest BCUT2D eigenvalue weighted by molar-refractivity contribution is 7.89. The molecule has 2 aromatic rings. The highest BCUT2D eigenvalue weighted by atomic mass is 32.2. The van der Waals surface area contributed by atoms with E-state index >= 15 is 0 Å². The van der Waals surface area contributed by atoms with Crippen LogP contribution in [0.1, 0.15) is 26.7 Å². The molecule has 2 N–H and O–H groups in total. The quantitative estimate of drug-likeness (QED) is 0.376. The van der Waals surface area contributed by atoms with Crippen molar-refractivity contribution in [1.82, 2.24) is 15.2 Å². The zero-order chi connectivity index (χ0) is 25.7. The van der Waals surface area contributed by atoms with Crippen LogP contribution in [0.25, 0.3) is 11.1 Å². The number of nitrogens with one attached hydrogen (secondary N) is 2. The minimum Gasteiger partial charge on any atom is -0.299 e. The van der Waals surface area contributed by atoms with Crippen molar-refractivity contribution in [3.8, 4) is 11.1 Å². The van der Waals surface area contributed by atoms with Crippen LogP contribution in [-0.2, 0) is 10.0 Å². The Morgan fingerprint density at radius 3 is 1.68 bits per heavy atom. The predicted molar refractivity (Wildman–Crippen MR) is 113 cm³/mol. The molecule has 0 saturated heterocycles. The summed E-state index contributed by atoms with van der Waals surface area (Å²) < 4.78 is 105. The average molecular weight is 511 g/mol. The van der Waals surface area contributed by atoms with Gasteiger partial charge in [-0.3, -0.25) is 10.3 Å². The summed E-state index contributed by atoms with van der Waals surface area (Å²) in [6.07, 6.45) is -12.1. The van der Waals surface area contributed by atoms with E-state index in [4.69, 9.17) is 0 Å². The van der Waals surface area contributed by atoms with Crippen molar-refractivity contribution < 1.29 is 39.6 Å². The normalized spacial score (nSPS) is 14.4. The highest BCUT2D eigenvalue weighted by Crippen LogP contribution is 2.35. The lowest BCUT2D eigenvalue weighted by Gasteiger charge is -2.38. The molecule has 0 aliphatic rings. The molecule has 0 heterocycles. The molecule has 0 aliphatic carbocycles. The van der Waals surface area contributed by atoms with E-state index < -0.39 is 58.2 Å². The third-order valence-electron chi connectivity index (χ3n) is 5.00. The molecular weight excluding hydrogens is 488 g/mol. The molecule has 188 valence electrons. The molecule has 2 amide bonds. The van der Waals surface area contributed by atoms with Gasteiger partial charge in [0.25, 0.3) is 10.0 Å². The van der Waals surface area contributed by atoms with Gasteiger partial charge in [0.2, 0.25) is 0 Å². The van der Waals surface area contributed by atoms with Gasteiger partial charge in [0.05, 0.1) is 4.90 Å². The number of rotatable bonds is 8. The van der Waals surface area contributed by atoms with Crippen molar-refractivity contribution in [3.63, 3.8) is 0 Å². The Morgan fingerprint density at radius 1 is 0.824 bits per heavy atom. The lowest BCUT2D eigenvalue weighted by Crippen LogP contribution is -2.62. The molecule has 0 fully saturated rings. The highest BCUT2D eigenvalue weighted by Gasteiger charge is 2.53. The summed E-state index contributed by atoms with van der Waals surface area (Å²) in [5.74, 6) is 0. The molecule has 0 saturated carbocycles. The largest absolute Gasteiger partial charge is 0.408 e. The third-order valence-corrected chi connectivity index (χ3v) is 6.26. The maximum Gasteiger partial charge on any atom is 0.408 e. The maximum atomic E-state index is 13.4. The predicted octanol–water partition coefficient (Wildman–Crippen LogP) is 5.24. The first kappa shape index (κ1) is 27.4. The fourth-order valence-corrected chi connectivity index (χ4v) is 4.20. The second kappa shape index (κ2) is 10.6. The molecule has 0 radical (unpaired) electrons. The summed E-state index contributed by atoms with van der Waals surface area (Å²) in [7, 11) is -4.49. The number of hydrogen-bond acceptors (Lipinski definition) is 3. The minimum absolute atomic E-state index is 0.357. The molecule has 2 atom stereocenters. The van der Waals surface area contributed by atoms with Crippen molar-refractivity contribution in [2.75, 3.05) is 0 Å². The van der Waals surface area contributed by atoms with E-state index in [0.717, 1.165) is 19.4 Å². The van der Waals surface area contributed by atoms with Crippen molar-refractivity contribution in [2.45, 2.75) is 56.0 Å². The Kier molecular flexibility index (Phi) is 8.59. The molecule has 6 nitrogen and oxygen atoms in total. The summed E-state index contributed by atoms with van der Waals surface area (Å²) in [6, 6.07) is 6.76. The Balaban J connectivity index is 2.26. The zero-order valence-corrected chi connectivity index (χ0v) is 18.9. The van der Waals surface area contributed by atoms with Crippen LogP contribution in [-0.4, -0.2) is 43.8 Å². The fraction of sp³-hybridized carbons (Fsp3) is 0.381. The molecule has 0 aliphatic heterocycles. The summed E-state index contributed by atoms with van der Waals surface area (Å²) in [5.41, 5.74) is 2.95. The van der Waals surface area contributed by atoms with E-state index in [1.165, 1.54) is 29.7 Å². The van der Waals surface area contributed by atoms with Gasteiger partial charge in [0, 0.05) is 0 Å². The second-order valence-corrected chi connectivity index (χ2v) is 8.95. The van der Waals surface area contributed by atoms with Crippen molar-refractivity contribution >= 4 is 16.1 Å². The summed E-state index contributed by atoms with van der Waals surface area (Å²) in [6.45, 7) is 1.94. The van der Waals surface area contributed by atoms with E-state index in [1.54, 1.807) is 35.2 Å². The Bertz CT molecular complexity index is 1040. The molecular formula is C21H23F6N3O3S. The second-order valence-electron chi connectivity index (χ2n) is 7.26. The number of benzene rings is 2. The molecule has 2 rings (SSSR count). The third kappa shape index (κ3) is 6.63. The standard InChI is InChI=1S/C21H23F6N3O3S/c1-3-17(20(22,23)24)30(18(4-2)21(25,26)27)19(31)28-29-34(32,33)16-12-10-15(11-13-16)14-8-6-5-7-9-14/h5-13,17-18,29H,3-4H2,1-2H3,(H,28,31). The summed E-state index contributed by atoms with van der Waals surface area (Å²) >= 11 is 0. The Labute approximate surface area is 193 Å². The number of amides is 2. The number of carbonyl (C=O) groups excluding carboxylic acids is 1. The zero-order valence-electron chi connectivity index (χ0n) is 18.1. The Hall–Kier alpha value is -2.80. The van der Waals surface area contributed by atoms with E-state index in [-0.39, 0.29) is 4.90 Å². The Morgan fingerprint density at radius 2 is 1.26 bits per heavy atom. The molecule has 2 unspecified atom stereocenters. The van der Waals surface area contributed by atoms with Crippen LogP contribution in [0, 0.1) is 0 Å². The number of carbonyl (C=O) groups is 1. The van der Waals surface area contributed by atoms with Crippen molar-refractivity contribution in [3.05, 3.63) is 54.6 Å². The van der Waals surface area contributed by atoms with Crippen molar-refractivity contribution in [1.29, 1.82) is 0 Å². The fourth-order valence-electron chi connectivity index (χ4n) is 3.36. The van der Waals surface area contributed by atoms with Crippen molar-refractivity contribution in [2.24, 2.45) is 0 Å². The molecule has 0 aromatic heterocycles. The van der Waals surface area contributed by atoms with Crippen LogP contribution in [0.2, 0.25) is 0 Å². The van der Waals surface area contributed by atoms with Gasteiger partial charge in [0.1, 0.15) is 12.1 Å². The van der Waals surface area contributed by atoms with Gasteiger partial charge >= 0.3 is 18.4 Å². The smallest absolute Gasteiger partial charge is 0.299 e. The van der Waals surface area contributed by atoms with Gasteiger partial charge in [-0.05, 0) is 36.1 Å². The lowest BCUT2D eigenvalue weighted by molar-refractivity contribution is -0.222. The van der Waals surface area contributed by atoms with Gasteiger partial charge in [-0.1, -0.05) is 56.3 Å². The van der Waals surface area contributed by atoms with Crippen LogP contribution >= 0.6 is 0 Å². The molecule has 0 bridgehead atoms. The summed E-state index contributed by atoms with van der Waals surface area (Å²) in [5, 5.41) is 0. The van der Waals surface area contributed by atoms with Gasteiger partial charge in [0.15, 0.2) is 0 Å². The van der Waals surface area contributed by atoms with Crippen LogP contribution < -0.4 is 10.3 Å². The number of alkyl halides is 6. The van der Waals surface area contributed by atoms with Crippen LogP contribution in [0.4, 0.5) is 31.1 Å². The van der Waals surface area contributed by atoms with Gasteiger partial charge < -0.3 is 0 Å². The molecule has 13 heteroatoms. The average Bonchev–Trinajstić information content (AvgIpc) is 2.76. The van der Waals surface area contributed by atoms with E-state index in [0.29, 0.717) is 5.56 Å². The van der Waals surface area contributed by atoms with Crippen LogP contribution in [0.3, 0.4) is 0 Å². The molecule has 2 aromatic carbocycles. The maximum absolute atomic E-state index is 13.4. The lowest BCUT2D eigenvalue weighted by atomic mass is 10.1. The van der Waals surface area contributed by atoms with Crippen LogP contribution in [0.5, 0.6) is 0 Å². The summed E-state index contributed by atoms with van der Waals surface area (Å²) in [4.78, 5) is 13.2. The monoisotopic (exact) mass is 511 g/mol. The number of urea groups is 1. The molecule has 34 heavy (non-hydrogen) atoms. The molecule has 0 spiro atoms. The first-order valence-electron chi connectivity index (χ1n) is 10.1. The first-order chi connectivity index (χ1) is 15.7. The van der Waals surface area contributed by atoms with Gasteiger partial charge in [-0.2, -0.15) is 26.3 Å².